The molecule has 8 heteroatoms. The first-order valence-corrected chi connectivity index (χ1v) is 10.5. The summed E-state index contributed by atoms with van der Waals surface area (Å²) in [5, 5.41) is 7.34. The minimum Gasteiger partial charge on any atom is -0.340 e. The third kappa shape index (κ3) is 6.26. The van der Waals surface area contributed by atoms with Crippen molar-refractivity contribution in [1.29, 1.82) is 0 Å². The van der Waals surface area contributed by atoms with Crippen LogP contribution in [0.4, 0.5) is 0 Å². The van der Waals surface area contributed by atoms with E-state index in [1.54, 1.807) is 24.0 Å². The third-order valence-electron chi connectivity index (χ3n) is 3.92. The quantitative estimate of drug-likeness (QED) is 0.377. The number of thioether (sulfide) groups is 1. The molecule has 0 saturated heterocycles. The van der Waals surface area contributed by atoms with E-state index in [2.05, 4.69) is 15.8 Å². The first-order chi connectivity index (χ1) is 13.3. The Morgan fingerprint density at radius 1 is 1.11 bits per heavy atom. The Hall–Kier alpha value is -2.02. The van der Waals surface area contributed by atoms with Crippen molar-refractivity contribution in [3.8, 4) is 0 Å². The van der Waals surface area contributed by atoms with Crippen LogP contribution in [0.25, 0.3) is 0 Å². The second-order valence-electron chi connectivity index (χ2n) is 6.33. The van der Waals surface area contributed by atoms with E-state index in [0.717, 1.165) is 10.5 Å². The van der Waals surface area contributed by atoms with Crippen molar-refractivity contribution in [3.63, 3.8) is 0 Å². The van der Waals surface area contributed by atoms with Crippen molar-refractivity contribution in [2.24, 2.45) is 11.0 Å². The van der Waals surface area contributed by atoms with Gasteiger partial charge in [0.15, 0.2) is 0 Å². The Morgan fingerprint density at radius 3 is 2.36 bits per heavy atom. The molecule has 1 atom stereocenters. The van der Waals surface area contributed by atoms with E-state index in [-0.39, 0.29) is 16.5 Å². The van der Waals surface area contributed by atoms with Crippen LogP contribution in [0, 0.1) is 5.92 Å². The highest BCUT2D eigenvalue weighted by molar-refractivity contribution is 7.98. The molecule has 148 valence electrons. The first kappa shape index (κ1) is 22.3. The average molecular weight is 438 g/mol. The number of rotatable bonds is 7. The maximum Gasteiger partial charge on any atom is 0.262 e. The van der Waals surface area contributed by atoms with Crippen molar-refractivity contribution in [3.05, 3.63) is 63.6 Å². The van der Waals surface area contributed by atoms with E-state index in [4.69, 9.17) is 23.2 Å². The standard InChI is InChI=1S/C20H21Cl2N3O2S/c1-12(2)18(24-19(26)16-9-6-14(21)10-17(16)22)20(27)25-23-11-13-4-7-15(28-3)8-5-13/h4-12,18H,1-3H3,(H,24,26)(H,25,27). The number of carbonyl (C=O) groups excluding carboxylic acids is 2. The number of nitrogens with one attached hydrogen (secondary N) is 2. The molecule has 0 spiro atoms. The molecule has 1 unspecified atom stereocenters. The third-order valence-corrected chi connectivity index (χ3v) is 5.21. The Labute approximate surface area is 178 Å². The highest BCUT2D eigenvalue weighted by Crippen LogP contribution is 2.21. The molecule has 2 amide bonds. The Balaban J connectivity index is 2.02. The molecule has 2 rings (SSSR count). The summed E-state index contributed by atoms with van der Waals surface area (Å²) in [5.74, 6) is -1.01. The second-order valence-corrected chi connectivity index (χ2v) is 8.05. The van der Waals surface area contributed by atoms with Crippen LogP contribution < -0.4 is 10.7 Å². The van der Waals surface area contributed by atoms with Gasteiger partial charge in [-0.25, -0.2) is 5.43 Å². The molecule has 0 aromatic heterocycles. The van der Waals surface area contributed by atoms with Crippen molar-refractivity contribution in [2.45, 2.75) is 24.8 Å². The summed E-state index contributed by atoms with van der Waals surface area (Å²) >= 11 is 13.6. The van der Waals surface area contributed by atoms with Crippen molar-refractivity contribution >= 4 is 53.0 Å². The van der Waals surface area contributed by atoms with Crippen LogP contribution in [-0.2, 0) is 4.79 Å². The molecule has 0 bridgehead atoms. The molecule has 2 aromatic rings. The van der Waals surface area contributed by atoms with E-state index in [1.807, 2.05) is 44.4 Å². The van der Waals surface area contributed by atoms with Crippen LogP contribution >= 0.6 is 35.0 Å². The zero-order valence-electron chi connectivity index (χ0n) is 15.7. The highest BCUT2D eigenvalue weighted by atomic mass is 35.5. The lowest BCUT2D eigenvalue weighted by Gasteiger charge is -2.20. The van der Waals surface area contributed by atoms with Crippen LogP contribution in [0.5, 0.6) is 0 Å². The van der Waals surface area contributed by atoms with Gasteiger partial charge in [-0.15, -0.1) is 11.8 Å². The van der Waals surface area contributed by atoms with Crippen LogP contribution in [0.15, 0.2) is 52.5 Å². The zero-order chi connectivity index (χ0) is 20.7. The molecule has 0 saturated carbocycles. The second kappa shape index (κ2) is 10.5. The lowest BCUT2D eigenvalue weighted by Crippen LogP contribution is -2.48. The minimum absolute atomic E-state index is 0.147. The Morgan fingerprint density at radius 2 is 1.79 bits per heavy atom. The van der Waals surface area contributed by atoms with Gasteiger partial charge in [-0.1, -0.05) is 49.2 Å². The molecule has 0 aliphatic heterocycles. The van der Waals surface area contributed by atoms with Gasteiger partial charge in [-0.05, 0) is 48.1 Å². The number of amides is 2. The topological polar surface area (TPSA) is 70.6 Å². The maximum absolute atomic E-state index is 12.5. The van der Waals surface area contributed by atoms with E-state index in [9.17, 15) is 9.59 Å². The van der Waals surface area contributed by atoms with Gasteiger partial charge in [0, 0.05) is 9.92 Å². The number of benzene rings is 2. The van der Waals surface area contributed by atoms with Gasteiger partial charge in [-0.2, -0.15) is 5.10 Å². The molecule has 0 aliphatic carbocycles. The smallest absolute Gasteiger partial charge is 0.262 e. The van der Waals surface area contributed by atoms with E-state index in [0.29, 0.717) is 5.02 Å². The monoisotopic (exact) mass is 437 g/mol. The summed E-state index contributed by atoms with van der Waals surface area (Å²) in [5.41, 5.74) is 3.59. The van der Waals surface area contributed by atoms with Crippen LogP contribution in [0.2, 0.25) is 10.0 Å². The number of halogens is 2. The van der Waals surface area contributed by atoms with Crippen LogP contribution in [0.1, 0.15) is 29.8 Å². The lowest BCUT2D eigenvalue weighted by molar-refractivity contribution is -0.123. The SMILES string of the molecule is CSc1ccc(C=NNC(=O)C(NC(=O)c2ccc(Cl)cc2Cl)C(C)C)cc1. The van der Waals surface area contributed by atoms with Crippen LogP contribution in [0.3, 0.4) is 0 Å². The lowest BCUT2D eigenvalue weighted by atomic mass is 10.0. The van der Waals surface area contributed by atoms with E-state index >= 15 is 0 Å². The Kier molecular flexibility index (Phi) is 8.35. The molecule has 2 N–H and O–H groups in total. The molecule has 0 radical (unpaired) electrons. The van der Waals surface area contributed by atoms with Gasteiger partial charge in [0.1, 0.15) is 6.04 Å². The fourth-order valence-electron chi connectivity index (χ4n) is 2.36. The highest BCUT2D eigenvalue weighted by Gasteiger charge is 2.25. The molecular formula is C20H21Cl2N3O2S. The van der Waals surface area contributed by atoms with Gasteiger partial charge in [-0.3, -0.25) is 9.59 Å². The van der Waals surface area contributed by atoms with Gasteiger partial charge in [0.2, 0.25) is 0 Å². The van der Waals surface area contributed by atoms with E-state index in [1.165, 1.54) is 12.1 Å². The molecule has 2 aromatic carbocycles. The van der Waals surface area contributed by atoms with Gasteiger partial charge < -0.3 is 5.32 Å². The van der Waals surface area contributed by atoms with Gasteiger partial charge in [0.25, 0.3) is 11.8 Å². The summed E-state index contributed by atoms with van der Waals surface area (Å²) in [4.78, 5) is 26.1. The predicted octanol–water partition coefficient (Wildman–Crippen LogP) is 4.62. The maximum atomic E-state index is 12.5. The fourth-order valence-corrected chi connectivity index (χ4v) is 3.26. The molecule has 0 aliphatic rings. The van der Waals surface area contributed by atoms with Crippen molar-refractivity contribution in [1.82, 2.24) is 10.7 Å². The molecule has 0 heterocycles. The number of hydrogen-bond acceptors (Lipinski definition) is 4. The predicted molar refractivity (Wildman–Crippen MR) is 117 cm³/mol. The molecule has 28 heavy (non-hydrogen) atoms. The summed E-state index contributed by atoms with van der Waals surface area (Å²) < 4.78 is 0. The zero-order valence-corrected chi connectivity index (χ0v) is 18.0. The molecular weight excluding hydrogens is 417 g/mol. The van der Waals surface area contributed by atoms with E-state index < -0.39 is 17.9 Å². The number of nitrogens with zero attached hydrogens (tertiary/aromatic N) is 1. The summed E-state index contributed by atoms with van der Waals surface area (Å²) in [6.07, 6.45) is 3.55. The Bertz CT molecular complexity index is 870. The molecule has 0 fully saturated rings. The van der Waals surface area contributed by atoms with Gasteiger partial charge in [0.05, 0.1) is 16.8 Å². The molecule has 5 nitrogen and oxygen atoms in total. The number of hydrazone groups is 1. The summed E-state index contributed by atoms with van der Waals surface area (Å²) in [6, 6.07) is 11.6. The largest absolute Gasteiger partial charge is 0.340 e. The minimum atomic E-state index is -0.768. The van der Waals surface area contributed by atoms with Gasteiger partial charge >= 0.3 is 0 Å². The van der Waals surface area contributed by atoms with Crippen molar-refractivity contribution < 1.29 is 9.59 Å². The van der Waals surface area contributed by atoms with Crippen LogP contribution in [-0.4, -0.2) is 30.3 Å². The fraction of sp³-hybridized carbons (Fsp3) is 0.250. The summed E-state index contributed by atoms with van der Waals surface area (Å²) in [6.45, 7) is 3.66. The normalized spacial score (nSPS) is 12.2. The van der Waals surface area contributed by atoms with Crippen molar-refractivity contribution in [2.75, 3.05) is 6.26 Å². The summed E-state index contributed by atoms with van der Waals surface area (Å²) in [7, 11) is 0. The number of carbonyl (C=O) groups is 2. The first-order valence-electron chi connectivity index (χ1n) is 8.54. The average Bonchev–Trinajstić information content (AvgIpc) is 2.66. The number of hydrogen-bond donors (Lipinski definition) is 2.